The molecular formula is C17H27N. The van der Waals surface area contributed by atoms with Crippen LogP contribution in [0.5, 0.6) is 0 Å². The van der Waals surface area contributed by atoms with Crippen LogP contribution in [0.2, 0.25) is 0 Å². The standard InChI is InChI=1S/C17H27N/c1-13(2)16(12-18-17(4,5)6)11-15-10-8-7-9-14(15)3/h7-11,13,18H,12H2,1-6H3. The lowest BCUT2D eigenvalue weighted by Crippen LogP contribution is -2.37. The number of hydrogen-bond acceptors (Lipinski definition) is 1. The molecule has 0 bridgehead atoms. The Morgan fingerprint density at radius 2 is 1.83 bits per heavy atom. The molecular weight excluding hydrogens is 218 g/mol. The zero-order chi connectivity index (χ0) is 13.8. The molecule has 1 aromatic rings. The Kier molecular flexibility index (Phi) is 5.15. The lowest BCUT2D eigenvalue weighted by molar-refractivity contribution is 0.437. The maximum Gasteiger partial charge on any atom is 0.0175 e. The van der Waals surface area contributed by atoms with E-state index in [1.807, 2.05) is 0 Å². The van der Waals surface area contributed by atoms with Crippen LogP contribution < -0.4 is 5.32 Å². The maximum absolute atomic E-state index is 3.57. The first-order valence-electron chi connectivity index (χ1n) is 6.81. The van der Waals surface area contributed by atoms with Crippen molar-refractivity contribution >= 4 is 6.08 Å². The highest BCUT2D eigenvalue weighted by molar-refractivity contribution is 5.57. The van der Waals surface area contributed by atoms with Crippen LogP contribution in [-0.4, -0.2) is 12.1 Å². The van der Waals surface area contributed by atoms with Crippen molar-refractivity contribution in [2.75, 3.05) is 6.54 Å². The molecule has 1 heteroatoms. The predicted octanol–water partition coefficient (Wildman–Crippen LogP) is 4.42. The van der Waals surface area contributed by atoms with Gasteiger partial charge >= 0.3 is 0 Å². The van der Waals surface area contributed by atoms with E-state index in [9.17, 15) is 0 Å². The number of rotatable bonds is 4. The maximum atomic E-state index is 3.57. The first kappa shape index (κ1) is 15.0. The van der Waals surface area contributed by atoms with Gasteiger partial charge in [-0.25, -0.2) is 0 Å². The van der Waals surface area contributed by atoms with Crippen LogP contribution in [0.3, 0.4) is 0 Å². The summed E-state index contributed by atoms with van der Waals surface area (Å²) in [6.07, 6.45) is 2.33. The lowest BCUT2D eigenvalue weighted by Gasteiger charge is -2.23. The van der Waals surface area contributed by atoms with Crippen molar-refractivity contribution in [2.24, 2.45) is 5.92 Å². The molecule has 0 aliphatic heterocycles. The second-order valence-electron chi connectivity index (χ2n) is 6.33. The molecule has 0 aromatic heterocycles. The van der Waals surface area contributed by atoms with Gasteiger partial charge in [0.05, 0.1) is 0 Å². The molecule has 0 unspecified atom stereocenters. The summed E-state index contributed by atoms with van der Waals surface area (Å²) in [5, 5.41) is 3.57. The fourth-order valence-electron chi connectivity index (χ4n) is 1.74. The molecule has 0 atom stereocenters. The second-order valence-corrected chi connectivity index (χ2v) is 6.33. The van der Waals surface area contributed by atoms with Crippen molar-refractivity contribution in [2.45, 2.75) is 47.1 Å². The van der Waals surface area contributed by atoms with Crippen LogP contribution in [0.25, 0.3) is 6.08 Å². The van der Waals surface area contributed by atoms with E-state index in [0.29, 0.717) is 5.92 Å². The Morgan fingerprint density at radius 1 is 1.22 bits per heavy atom. The highest BCUT2D eigenvalue weighted by Crippen LogP contribution is 2.17. The normalized spacial score (nSPS) is 13.2. The van der Waals surface area contributed by atoms with E-state index in [1.54, 1.807) is 0 Å². The summed E-state index contributed by atoms with van der Waals surface area (Å²) in [7, 11) is 0. The third-order valence-corrected chi connectivity index (χ3v) is 3.09. The summed E-state index contributed by atoms with van der Waals surface area (Å²) >= 11 is 0. The molecule has 0 fully saturated rings. The first-order valence-corrected chi connectivity index (χ1v) is 6.81. The number of nitrogens with one attached hydrogen (secondary N) is 1. The zero-order valence-electron chi connectivity index (χ0n) is 12.7. The van der Waals surface area contributed by atoms with E-state index in [2.05, 4.69) is 77.2 Å². The van der Waals surface area contributed by atoms with Crippen LogP contribution in [0.4, 0.5) is 0 Å². The second kappa shape index (κ2) is 6.19. The molecule has 1 N–H and O–H groups in total. The molecule has 1 aromatic carbocycles. The van der Waals surface area contributed by atoms with Gasteiger partial charge in [-0.05, 0) is 44.7 Å². The van der Waals surface area contributed by atoms with E-state index < -0.39 is 0 Å². The van der Waals surface area contributed by atoms with E-state index >= 15 is 0 Å². The summed E-state index contributed by atoms with van der Waals surface area (Å²) < 4.78 is 0. The van der Waals surface area contributed by atoms with Crippen LogP contribution in [0, 0.1) is 12.8 Å². The Hall–Kier alpha value is -1.08. The molecule has 1 nitrogen and oxygen atoms in total. The molecule has 100 valence electrons. The highest BCUT2D eigenvalue weighted by atomic mass is 14.9. The summed E-state index contributed by atoms with van der Waals surface area (Å²) in [4.78, 5) is 0. The van der Waals surface area contributed by atoms with Crippen molar-refractivity contribution in [3.05, 3.63) is 41.0 Å². The van der Waals surface area contributed by atoms with Gasteiger partial charge in [0.1, 0.15) is 0 Å². The highest BCUT2D eigenvalue weighted by Gasteiger charge is 2.11. The molecule has 0 aliphatic carbocycles. The molecule has 0 aliphatic rings. The van der Waals surface area contributed by atoms with Gasteiger partial charge in [-0.2, -0.15) is 0 Å². The fourth-order valence-corrected chi connectivity index (χ4v) is 1.74. The van der Waals surface area contributed by atoms with Gasteiger partial charge in [0.2, 0.25) is 0 Å². The number of hydrogen-bond donors (Lipinski definition) is 1. The summed E-state index contributed by atoms with van der Waals surface area (Å²) in [6, 6.07) is 8.55. The Balaban J connectivity index is 2.89. The molecule has 0 saturated carbocycles. The average Bonchev–Trinajstić information content (AvgIpc) is 2.24. The number of benzene rings is 1. The molecule has 0 amide bonds. The summed E-state index contributed by atoms with van der Waals surface area (Å²) in [5.74, 6) is 0.569. The monoisotopic (exact) mass is 245 g/mol. The zero-order valence-corrected chi connectivity index (χ0v) is 12.7. The summed E-state index contributed by atoms with van der Waals surface area (Å²) in [6.45, 7) is 14.3. The SMILES string of the molecule is Cc1ccccc1C=C(CNC(C)(C)C)C(C)C. The third kappa shape index (κ3) is 5.05. The number of aryl methyl sites for hydroxylation is 1. The van der Waals surface area contributed by atoms with E-state index in [-0.39, 0.29) is 5.54 Å². The summed E-state index contributed by atoms with van der Waals surface area (Å²) in [5.41, 5.74) is 4.29. The van der Waals surface area contributed by atoms with Gasteiger partial charge in [0.15, 0.2) is 0 Å². The van der Waals surface area contributed by atoms with Crippen molar-refractivity contribution in [3.8, 4) is 0 Å². The minimum absolute atomic E-state index is 0.166. The molecule has 0 heterocycles. The van der Waals surface area contributed by atoms with E-state index in [4.69, 9.17) is 0 Å². The van der Waals surface area contributed by atoms with Gasteiger partial charge in [0, 0.05) is 12.1 Å². The van der Waals surface area contributed by atoms with Gasteiger partial charge in [-0.15, -0.1) is 0 Å². The topological polar surface area (TPSA) is 12.0 Å². The predicted molar refractivity (Wildman–Crippen MR) is 81.7 cm³/mol. The molecule has 0 radical (unpaired) electrons. The van der Waals surface area contributed by atoms with Crippen molar-refractivity contribution in [1.29, 1.82) is 0 Å². The quantitative estimate of drug-likeness (QED) is 0.828. The minimum atomic E-state index is 0.166. The molecule has 0 spiro atoms. The smallest absolute Gasteiger partial charge is 0.0175 e. The van der Waals surface area contributed by atoms with Crippen LogP contribution >= 0.6 is 0 Å². The minimum Gasteiger partial charge on any atom is -0.308 e. The van der Waals surface area contributed by atoms with Crippen molar-refractivity contribution in [3.63, 3.8) is 0 Å². The fraction of sp³-hybridized carbons (Fsp3) is 0.529. The van der Waals surface area contributed by atoms with Gasteiger partial charge < -0.3 is 5.32 Å². The van der Waals surface area contributed by atoms with Crippen LogP contribution in [0.15, 0.2) is 29.8 Å². The van der Waals surface area contributed by atoms with Crippen LogP contribution in [-0.2, 0) is 0 Å². The first-order chi connectivity index (χ1) is 8.29. The van der Waals surface area contributed by atoms with Gasteiger partial charge in [-0.3, -0.25) is 0 Å². The average molecular weight is 245 g/mol. The Bertz CT molecular complexity index is 408. The Labute approximate surface area is 112 Å². The van der Waals surface area contributed by atoms with Gasteiger partial charge in [0.25, 0.3) is 0 Å². The Morgan fingerprint density at radius 3 is 2.33 bits per heavy atom. The van der Waals surface area contributed by atoms with E-state index in [0.717, 1.165) is 6.54 Å². The van der Waals surface area contributed by atoms with E-state index in [1.165, 1.54) is 16.7 Å². The molecule has 18 heavy (non-hydrogen) atoms. The molecule has 1 rings (SSSR count). The lowest BCUT2D eigenvalue weighted by atomic mass is 9.97. The van der Waals surface area contributed by atoms with Gasteiger partial charge in [-0.1, -0.05) is 49.8 Å². The third-order valence-electron chi connectivity index (χ3n) is 3.09. The van der Waals surface area contributed by atoms with Crippen molar-refractivity contribution in [1.82, 2.24) is 5.32 Å². The molecule has 0 saturated heterocycles. The van der Waals surface area contributed by atoms with Crippen molar-refractivity contribution < 1.29 is 0 Å². The van der Waals surface area contributed by atoms with Crippen LogP contribution in [0.1, 0.15) is 45.7 Å². The largest absolute Gasteiger partial charge is 0.308 e.